The monoisotopic (exact) mass is 405 g/mol. The Labute approximate surface area is 158 Å². The minimum absolute atomic E-state index is 0.0352. The normalized spacial score (nSPS) is 11.3. The van der Waals surface area contributed by atoms with Crippen LogP contribution in [0.2, 0.25) is 5.02 Å². The lowest BCUT2D eigenvalue weighted by molar-refractivity contribution is -0.137. The summed E-state index contributed by atoms with van der Waals surface area (Å²) in [5, 5.41) is 2.37. The molecule has 2 aromatic carbocycles. The first-order chi connectivity index (χ1) is 12.7. The molecule has 0 unspecified atom stereocenters. The van der Waals surface area contributed by atoms with Gasteiger partial charge in [-0.1, -0.05) is 17.7 Å². The van der Waals surface area contributed by atoms with Crippen LogP contribution in [0, 0.1) is 5.82 Å². The Bertz CT molecular complexity index is 791. The lowest BCUT2D eigenvalue weighted by Crippen LogP contribution is -2.17. The molecule has 2 aromatic rings. The molecule has 0 saturated heterocycles. The summed E-state index contributed by atoms with van der Waals surface area (Å²) in [6, 6.07) is 6.63. The third-order valence-electron chi connectivity index (χ3n) is 3.53. The lowest BCUT2D eigenvalue weighted by atomic mass is 10.1. The van der Waals surface area contributed by atoms with Crippen molar-refractivity contribution in [1.82, 2.24) is 0 Å². The molecule has 1 amide bonds. The lowest BCUT2D eigenvalue weighted by Gasteiger charge is -2.15. The van der Waals surface area contributed by atoms with Gasteiger partial charge in [-0.15, -0.1) is 0 Å². The molecule has 0 aromatic heterocycles. The van der Waals surface area contributed by atoms with Crippen LogP contribution >= 0.6 is 11.6 Å². The smallest absolute Gasteiger partial charge is 0.416 e. The maximum Gasteiger partial charge on any atom is 0.416 e. The van der Waals surface area contributed by atoms with Crippen molar-refractivity contribution >= 4 is 23.2 Å². The predicted octanol–water partition coefficient (Wildman–Crippen LogP) is 4.70. The molecule has 1 N–H and O–H groups in total. The van der Waals surface area contributed by atoms with Crippen LogP contribution in [0.5, 0.6) is 5.75 Å². The van der Waals surface area contributed by atoms with Crippen molar-refractivity contribution in [2.24, 2.45) is 0 Å². The molecule has 2 rings (SSSR count). The molecule has 0 radical (unpaired) electrons. The Morgan fingerprint density at radius 3 is 2.56 bits per heavy atom. The van der Waals surface area contributed by atoms with Gasteiger partial charge in [0.15, 0.2) is 0 Å². The Hall–Kier alpha value is -2.32. The summed E-state index contributed by atoms with van der Waals surface area (Å²) in [5.74, 6) is -1.38. The molecule has 0 atom stereocenters. The molecule has 0 heterocycles. The summed E-state index contributed by atoms with van der Waals surface area (Å²) in [6.45, 7) is 0.281. The molecule has 0 fully saturated rings. The average molecular weight is 406 g/mol. The number of methoxy groups -OCH3 is 1. The number of rotatable bonds is 7. The van der Waals surface area contributed by atoms with Gasteiger partial charge in [-0.25, -0.2) is 4.39 Å². The van der Waals surface area contributed by atoms with Crippen LogP contribution in [-0.4, -0.2) is 26.2 Å². The standard InChI is InChI=1S/C18H16ClF4NO3/c1-26-7-8-27-16-6-5-11(18(21,22)23)9-15(16)24-17(25)10-12-13(19)3-2-4-14(12)20/h2-6,9H,7-8,10H2,1H3,(H,24,25). The van der Waals surface area contributed by atoms with Gasteiger partial charge in [0.1, 0.15) is 18.2 Å². The Kier molecular flexibility index (Phi) is 7.04. The predicted molar refractivity (Wildman–Crippen MR) is 92.6 cm³/mol. The van der Waals surface area contributed by atoms with E-state index in [0.717, 1.165) is 24.3 Å². The van der Waals surface area contributed by atoms with E-state index < -0.39 is 29.9 Å². The molecule has 0 saturated carbocycles. The van der Waals surface area contributed by atoms with E-state index in [1.54, 1.807) is 0 Å². The number of amides is 1. The van der Waals surface area contributed by atoms with Gasteiger partial charge in [-0.3, -0.25) is 4.79 Å². The number of hydrogen-bond donors (Lipinski definition) is 1. The summed E-state index contributed by atoms with van der Waals surface area (Å²) in [5.41, 5.74) is -1.19. The molecule has 146 valence electrons. The van der Waals surface area contributed by atoms with Crippen LogP contribution in [0.4, 0.5) is 23.2 Å². The van der Waals surface area contributed by atoms with Crippen molar-refractivity contribution in [3.8, 4) is 5.75 Å². The Morgan fingerprint density at radius 2 is 1.93 bits per heavy atom. The molecule has 9 heteroatoms. The highest BCUT2D eigenvalue weighted by Gasteiger charge is 2.31. The fourth-order valence-electron chi connectivity index (χ4n) is 2.22. The van der Waals surface area contributed by atoms with Gasteiger partial charge in [0.25, 0.3) is 0 Å². The molecule has 0 bridgehead atoms. The van der Waals surface area contributed by atoms with Crippen molar-refractivity contribution < 1.29 is 31.8 Å². The van der Waals surface area contributed by atoms with E-state index in [4.69, 9.17) is 21.1 Å². The van der Waals surface area contributed by atoms with Crippen molar-refractivity contribution in [2.75, 3.05) is 25.6 Å². The second-order valence-corrected chi connectivity index (χ2v) is 5.88. The topological polar surface area (TPSA) is 47.6 Å². The first-order valence-electron chi connectivity index (χ1n) is 7.78. The number of nitrogens with one attached hydrogen (secondary N) is 1. The number of ether oxygens (including phenoxy) is 2. The zero-order valence-corrected chi connectivity index (χ0v) is 15.0. The average Bonchev–Trinajstić information content (AvgIpc) is 2.59. The van der Waals surface area contributed by atoms with E-state index in [0.29, 0.717) is 0 Å². The van der Waals surface area contributed by atoms with Crippen molar-refractivity contribution in [2.45, 2.75) is 12.6 Å². The van der Waals surface area contributed by atoms with E-state index in [1.165, 1.54) is 19.2 Å². The van der Waals surface area contributed by atoms with Gasteiger partial charge >= 0.3 is 6.18 Å². The summed E-state index contributed by atoms with van der Waals surface area (Å²) >= 11 is 5.87. The third-order valence-corrected chi connectivity index (χ3v) is 3.88. The SMILES string of the molecule is COCCOc1ccc(C(F)(F)F)cc1NC(=O)Cc1c(F)cccc1Cl. The number of benzene rings is 2. The molecule has 27 heavy (non-hydrogen) atoms. The van der Waals surface area contributed by atoms with Gasteiger partial charge in [0, 0.05) is 17.7 Å². The molecule has 0 spiro atoms. The van der Waals surface area contributed by atoms with Crippen LogP contribution in [0.15, 0.2) is 36.4 Å². The zero-order chi connectivity index (χ0) is 20.0. The number of anilines is 1. The van der Waals surface area contributed by atoms with Crippen molar-refractivity contribution in [3.05, 3.63) is 58.4 Å². The molecular formula is C18H16ClF4NO3. The zero-order valence-electron chi connectivity index (χ0n) is 14.2. The van der Waals surface area contributed by atoms with Crippen LogP contribution in [0.3, 0.4) is 0 Å². The highest BCUT2D eigenvalue weighted by molar-refractivity contribution is 6.31. The number of carbonyl (C=O) groups is 1. The van der Waals surface area contributed by atoms with E-state index in [-0.39, 0.29) is 35.2 Å². The van der Waals surface area contributed by atoms with Gasteiger partial charge < -0.3 is 14.8 Å². The van der Waals surface area contributed by atoms with E-state index >= 15 is 0 Å². The minimum Gasteiger partial charge on any atom is -0.489 e. The van der Waals surface area contributed by atoms with E-state index in [2.05, 4.69) is 5.32 Å². The first kappa shape index (κ1) is 21.0. The quantitative estimate of drug-likeness (QED) is 0.536. The molecule has 0 aliphatic carbocycles. The Morgan fingerprint density at radius 1 is 1.19 bits per heavy atom. The number of carbonyl (C=O) groups excluding carboxylic acids is 1. The maximum atomic E-state index is 13.8. The fourth-order valence-corrected chi connectivity index (χ4v) is 2.45. The summed E-state index contributed by atoms with van der Waals surface area (Å²) < 4.78 is 62.8. The Balaban J connectivity index is 2.24. The van der Waals surface area contributed by atoms with Crippen LogP contribution in [0.1, 0.15) is 11.1 Å². The van der Waals surface area contributed by atoms with Crippen LogP contribution in [0.25, 0.3) is 0 Å². The van der Waals surface area contributed by atoms with Gasteiger partial charge in [-0.05, 0) is 30.3 Å². The van der Waals surface area contributed by atoms with E-state index in [1.807, 2.05) is 0 Å². The molecular weight excluding hydrogens is 390 g/mol. The largest absolute Gasteiger partial charge is 0.489 e. The highest BCUT2D eigenvalue weighted by atomic mass is 35.5. The van der Waals surface area contributed by atoms with Crippen LogP contribution in [-0.2, 0) is 22.1 Å². The van der Waals surface area contributed by atoms with Crippen molar-refractivity contribution in [1.29, 1.82) is 0 Å². The third kappa shape index (κ3) is 5.83. The molecule has 0 aliphatic heterocycles. The van der Waals surface area contributed by atoms with Gasteiger partial charge in [0.05, 0.1) is 24.3 Å². The van der Waals surface area contributed by atoms with Gasteiger partial charge in [-0.2, -0.15) is 13.2 Å². The van der Waals surface area contributed by atoms with Gasteiger partial charge in [0.2, 0.25) is 5.91 Å². The van der Waals surface area contributed by atoms with Crippen molar-refractivity contribution in [3.63, 3.8) is 0 Å². The maximum absolute atomic E-state index is 13.8. The number of alkyl halides is 3. The fraction of sp³-hybridized carbons (Fsp3) is 0.278. The molecule has 4 nitrogen and oxygen atoms in total. The minimum atomic E-state index is -4.60. The highest BCUT2D eigenvalue weighted by Crippen LogP contribution is 2.35. The second-order valence-electron chi connectivity index (χ2n) is 5.48. The number of hydrogen-bond acceptors (Lipinski definition) is 3. The number of halogens is 5. The summed E-state index contributed by atoms with van der Waals surface area (Å²) in [7, 11) is 1.44. The molecule has 0 aliphatic rings. The second kappa shape index (κ2) is 9.05. The summed E-state index contributed by atoms with van der Waals surface area (Å²) in [6.07, 6.45) is -5.04. The first-order valence-corrected chi connectivity index (χ1v) is 8.16. The van der Waals surface area contributed by atoms with E-state index in [9.17, 15) is 22.4 Å². The van der Waals surface area contributed by atoms with Crippen LogP contribution < -0.4 is 10.1 Å². The summed E-state index contributed by atoms with van der Waals surface area (Å²) in [4.78, 5) is 12.2.